The molecule has 0 atom stereocenters. The molecule has 0 bridgehead atoms. The lowest BCUT2D eigenvalue weighted by atomic mass is 10.0. The Hall–Kier alpha value is -1.21. The summed E-state index contributed by atoms with van der Waals surface area (Å²) < 4.78 is 16.5. The van der Waals surface area contributed by atoms with Gasteiger partial charge in [0.1, 0.15) is 0 Å². The minimum atomic E-state index is -1.38. The second kappa shape index (κ2) is 3.18. The normalized spacial score (nSPS) is 18.9. The molecule has 3 rings (SSSR count). The Morgan fingerprint density at radius 3 is 1.93 bits per heavy atom. The molecular formula is C13H10S. The van der Waals surface area contributed by atoms with Crippen LogP contribution < -0.4 is 0 Å². The summed E-state index contributed by atoms with van der Waals surface area (Å²) >= 11 is 1.64. The predicted molar refractivity (Wildman–Crippen MR) is 59.8 cm³/mol. The summed E-state index contributed by atoms with van der Waals surface area (Å²) in [4.78, 5) is 2.04. The van der Waals surface area contributed by atoms with Gasteiger partial charge in [-0.2, -0.15) is 0 Å². The van der Waals surface area contributed by atoms with E-state index in [2.05, 4.69) is 0 Å². The quantitative estimate of drug-likeness (QED) is 0.624. The number of rotatable bonds is 0. The maximum absolute atomic E-state index is 8.24. The van der Waals surface area contributed by atoms with Gasteiger partial charge in [-0.3, -0.25) is 0 Å². The van der Waals surface area contributed by atoms with Gasteiger partial charge in [-0.25, -0.2) is 0 Å². The lowest BCUT2D eigenvalue weighted by Crippen LogP contribution is -1.98. The summed E-state index contributed by atoms with van der Waals surface area (Å²) in [6, 6.07) is 15.4. The Morgan fingerprint density at radius 2 is 1.36 bits per heavy atom. The van der Waals surface area contributed by atoms with Crippen molar-refractivity contribution in [3.05, 3.63) is 59.7 Å². The van der Waals surface area contributed by atoms with E-state index < -0.39 is 6.37 Å². The van der Waals surface area contributed by atoms with Crippen LogP contribution in [0.1, 0.15) is 13.9 Å². The van der Waals surface area contributed by atoms with Crippen molar-refractivity contribution >= 4 is 11.8 Å². The maximum atomic E-state index is 8.24. The van der Waals surface area contributed by atoms with Crippen LogP contribution in [0.15, 0.2) is 58.3 Å². The summed E-state index contributed by atoms with van der Waals surface area (Å²) in [6.45, 7) is 0. The molecule has 0 nitrogen and oxygen atoms in total. The van der Waals surface area contributed by atoms with Gasteiger partial charge in [-0.05, 0) is 29.6 Å². The number of benzene rings is 2. The van der Waals surface area contributed by atoms with Crippen molar-refractivity contribution in [3.63, 3.8) is 0 Å². The SMILES string of the molecule is [2H]C1([2H])c2ccccc2Sc2ccccc21. The summed E-state index contributed by atoms with van der Waals surface area (Å²) in [5.41, 5.74) is 1.55. The molecule has 1 heteroatoms. The average molecular weight is 200 g/mol. The van der Waals surface area contributed by atoms with Crippen LogP contribution in [0, 0.1) is 0 Å². The second-order valence-electron chi connectivity index (χ2n) is 3.22. The third-order valence-electron chi connectivity index (χ3n) is 2.26. The number of hydrogen-bond acceptors (Lipinski definition) is 1. The topological polar surface area (TPSA) is 0 Å². The van der Waals surface area contributed by atoms with Crippen molar-refractivity contribution in [1.82, 2.24) is 0 Å². The summed E-state index contributed by atoms with van der Waals surface area (Å²) in [6.07, 6.45) is -1.38. The van der Waals surface area contributed by atoms with E-state index in [1.54, 1.807) is 11.8 Å². The molecule has 1 heterocycles. The largest absolute Gasteiger partial charge is 0.0895 e. The van der Waals surface area contributed by atoms with Crippen LogP contribution in [0.2, 0.25) is 0 Å². The molecule has 68 valence electrons. The highest BCUT2D eigenvalue weighted by molar-refractivity contribution is 7.99. The molecule has 0 saturated heterocycles. The van der Waals surface area contributed by atoms with E-state index in [9.17, 15) is 0 Å². The van der Waals surface area contributed by atoms with Crippen molar-refractivity contribution in [2.75, 3.05) is 0 Å². The Morgan fingerprint density at radius 1 is 0.857 bits per heavy atom. The highest BCUT2D eigenvalue weighted by Crippen LogP contribution is 2.38. The molecule has 0 saturated carbocycles. The van der Waals surface area contributed by atoms with Crippen LogP contribution in [0.4, 0.5) is 0 Å². The van der Waals surface area contributed by atoms with Gasteiger partial charge in [0.05, 0.1) is 0 Å². The van der Waals surface area contributed by atoms with Gasteiger partial charge in [0.25, 0.3) is 0 Å². The Labute approximate surface area is 90.8 Å². The van der Waals surface area contributed by atoms with Gasteiger partial charge in [0.15, 0.2) is 0 Å². The lowest BCUT2D eigenvalue weighted by molar-refractivity contribution is 1.06. The fraction of sp³-hybridized carbons (Fsp3) is 0.0769. The average Bonchev–Trinajstić information content (AvgIpc) is 2.29. The zero-order valence-corrected chi connectivity index (χ0v) is 8.34. The molecule has 1 aliphatic rings. The molecule has 0 unspecified atom stereocenters. The second-order valence-corrected chi connectivity index (χ2v) is 4.30. The Kier molecular flexibility index (Phi) is 1.43. The fourth-order valence-electron chi connectivity index (χ4n) is 1.58. The molecule has 0 radical (unpaired) electrons. The van der Waals surface area contributed by atoms with Crippen LogP contribution in [-0.4, -0.2) is 0 Å². The highest BCUT2D eigenvalue weighted by Gasteiger charge is 2.13. The van der Waals surface area contributed by atoms with Gasteiger partial charge < -0.3 is 0 Å². The fourth-order valence-corrected chi connectivity index (χ4v) is 2.57. The van der Waals surface area contributed by atoms with E-state index in [4.69, 9.17) is 2.74 Å². The first kappa shape index (κ1) is 6.31. The molecule has 0 aliphatic carbocycles. The molecule has 0 aromatic heterocycles. The van der Waals surface area contributed by atoms with Crippen molar-refractivity contribution in [2.45, 2.75) is 16.2 Å². The first-order valence-electron chi connectivity index (χ1n) is 5.56. The molecule has 0 spiro atoms. The van der Waals surface area contributed by atoms with Crippen molar-refractivity contribution < 1.29 is 2.74 Å². The van der Waals surface area contributed by atoms with Gasteiger partial charge >= 0.3 is 0 Å². The molecule has 0 N–H and O–H groups in total. The first-order chi connectivity index (χ1) is 7.69. The maximum Gasteiger partial charge on any atom is 0.0367 e. The van der Waals surface area contributed by atoms with E-state index >= 15 is 0 Å². The molecular weight excluding hydrogens is 188 g/mol. The van der Waals surface area contributed by atoms with E-state index in [0.717, 1.165) is 20.9 Å². The first-order valence-corrected chi connectivity index (χ1v) is 5.38. The van der Waals surface area contributed by atoms with Crippen LogP contribution >= 0.6 is 11.8 Å². The van der Waals surface area contributed by atoms with Crippen molar-refractivity contribution in [1.29, 1.82) is 0 Å². The lowest BCUT2D eigenvalue weighted by Gasteiger charge is -2.17. The third-order valence-corrected chi connectivity index (χ3v) is 3.42. The molecule has 1 aliphatic heterocycles. The van der Waals surface area contributed by atoms with Crippen LogP contribution in [0.25, 0.3) is 0 Å². The van der Waals surface area contributed by atoms with Crippen molar-refractivity contribution in [2.24, 2.45) is 0 Å². The van der Waals surface area contributed by atoms with Gasteiger partial charge in [-0.15, -0.1) is 0 Å². The zero-order chi connectivity index (χ0) is 11.2. The van der Waals surface area contributed by atoms with E-state index in [1.165, 1.54) is 0 Å². The molecule has 0 amide bonds. The molecule has 14 heavy (non-hydrogen) atoms. The summed E-state index contributed by atoms with van der Waals surface area (Å²) in [5, 5.41) is 0. The predicted octanol–water partition coefficient (Wildman–Crippen LogP) is 3.74. The highest BCUT2D eigenvalue weighted by atomic mass is 32.2. The standard InChI is InChI=1S/C13H10S/c1-3-7-12-10(5-1)9-11-6-2-4-8-13(11)14-12/h1-8H,9H2/i9D2. The van der Waals surface area contributed by atoms with Crippen LogP contribution in [0.3, 0.4) is 0 Å². The molecule has 0 fully saturated rings. The summed E-state index contributed by atoms with van der Waals surface area (Å²) in [7, 11) is 0. The minimum absolute atomic E-state index is 0.777. The number of hydrogen-bond donors (Lipinski definition) is 0. The van der Waals surface area contributed by atoms with Crippen LogP contribution in [0.5, 0.6) is 0 Å². The van der Waals surface area contributed by atoms with E-state index in [1.807, 2.05) is 48.5 Å². The molecule has 2 aromatic carbocycles. The van der Waals surface area contributed by atoms with Crippen LogP contribution in [-0.2, 0) is 6.37 Å². The van der Waals surface area contributed by atoms with E-state index in [0.29, 0.717) is 0 Å². The van der Waals surface area contributed by atoms with E-state index in [-0.39, 0.29) is 0 Å². The minimum Gasteiger partial charge on any atom is -0.0895 e. The van der Waals surface area contributed by atoms with Gasteiger partial charge in [0.2, 0.25) is 0 Å². The Bertz CT molecular complexity index is 502. The van der Waals surface area contributed by atoms with Gasteiger partial charge in [0, 0.05) is 12.5 Å². The monoisotopic (exact) mass is 200 g/mol. The smallest absolute Gasteiger partial charge is 0.0367 e. The third kappa shape index (κ3) is 1.25. The summed E-state index contributed by atoms with van der Waals surface area (Å²) in [5.74, 6) is 0. The molecule has 2 aromatic rings. The Balaban J connectivity index is 2.28. The van der Waals surface area contributed by atoms with Crippen molar-refractivity contribution in [3.8, 4) is 0 Å². The van der Waals surface area contributed by atoms with Gasteiger partial charge in [-0.1, -0.05) is 48.2 Å². The zero-order valence-electron chi connectivity index (χ0n) is 9.53. The number of fused-ring (bicyclic) bond motifs is 2.